The fourth-order valence-corrected chi connectivity index (χ4v) is 2.64. The summed E-state index contributed by atoms with van der Waals surface area (Å²) in [5.74, 6) is -4.05. The number of nitrogens with one attached hydrogen (secondary N) is 3. The third kappa shape index (κ3) is 11.3. The van der Waals surface area contributed by atoms with E-state index in [1.807, 2.05) is 0 Å². The number of nitrogens with two attached hydrogens (primary N) is 3. The maximum absolute atomic E-state index is 12.6. The molecule has 0 bridgehead atoms. The van der Waals surface area contributed by atoms with Gasteiger partial charge in [-0.3, -0.25) is 19.2 Å². The number of aliphatic carboxylic acids is 1. The van der Waals surface area contributed by atoms with Gasteiger partial charge in [-0.15, -0.1) is 0 Å². The Labute approximate surface area is 182 Å². The maximum Gasteiger partial charge on any atom is 0.326 e. The molecule has 0 spiro atoms. The molecule has 10 N–H and O–H groups in total. The second kappa shape index (κ2) is 14.3. The lowest BCUT2D eigenvalue weighted by molar-refractivity contribution is -0.143. The van der Waals surface area contributed by atoms with Gasteiger partial charge < -0.3 is 38.3 Å². The van der Waals surface area contributed by atoms with Crippen molar-refractivity contribution in [2.24, 2.45) is 23.1 Å². The number of carbonyl (C=O) groups is 5. The molecule has 0 aliphatic carbocycles. The summed E-state index contributed by atoms with van der Waals surface area (Å²) < 4.78 is 0. The molecule has 0 aliphatic rings. The number of primary amides is 1. The molecule has 0 aromatic rings. The summed E-state index contributed by atoms with van der Waals surface area (Å²) in [6.45, 7) is 5.12. The summed E-state index contributed by atoms with van der Waals surface area (Å²) in [6.07, 6.45) is 1.36. The number of rotatable bonds is 15. The zero-order valence-electron chi connectivity index (χ0n) is 18.3. The van der Waals surface area contributed by atoms with E-state index in [0.29, 0.717) is 19.4 Å². The van der Waals surface area contributed by atoms with Crippen molar-refractivity contribution in [1.29, 1.82) is 0 Å². The SMILES string of the molecule is CC(NC(=O)C(N)CCC(N)=O)C(=O)NC(CCCCN)C(=O)NC(C(=O)O)C(C)C. The molecule has 0 aliphatic heterocycles. The molecule has 0 radical (unpaired) electrons. The van der Waals surface area contributed by atoms with Gasteiger partial charge in [0.25, 0.3) is 0 Å². The Balaban J connectivity index is 5.05. The van der Waals surface area contributed by atoms with E-state index in [1.165, 1.54) is 6.92 Å². The van der Waals surface area contributed by atoms with Crippen LogP contribution in [0.4, 0.5) is 0 Å². The van der Waals surface area contributed by atoms with Crippen LogP contribution in [0.2, 0.25) is 0 Å². The molecule has 31 heavy (non-hydrogen) atoms. The van der Waals surface area contributed by atoms with Crippen molar-refractivity contribution >= 4 is 29.6 Å². The van der Waals surface area contributed by atoms with E-state index in [-0.39, 0.29) is 25.2 Å². The van der Waals surface area contributed by atoms with Gasteiger partial charge in [-0.2, -0.15) is 0 Å². The summed E-state index contributed by atoms with van der Waals surface area (Å²) in [5.41, 5.74) is 16.2. The van der Waals surface area contributed by atoms with Gasteiger partial charge in [0, 0.05) is 6.42 Å². The van der Waals surface area contributed by atoms with Crippen LogP contribution in [0.15, 0.2) is 0 Å². The van der Waals surface area contributed by atoms with E-state index >= 15 is 0 Å². The lowest BCUT2D eigenvalue weighted by atomic mass is 10.0. The Morgan fingerprint density at radius 1 is 0.871 bits per heavy atom. The van der Waals surface area contributed by atoms with Crippen LogP contribution >= 0.6 is 0 Å². The number of unbranched alkanes of at least 4 members (excludes halogenated alkanes) is 1. The number of hydrogen-bond donors (Lipinski definition) is 7. The van der Waals surface area contributed by atoms with Gasteiger partial charge in [0.2, 0.25) is 23.6 Å². The van der Waals surface area contributed by atoms with Gasteiger partial charge >= 0.3 is 5.97 Å². The van der Waals surface area contributed by atoms with Gasteiger partial charge in [-0.25, -0.2) is 4.79 Å². The summed E-state index contributed by atoms with van der Waals surface area (Å²) in [5, 5.41) is 16.7. The monoisotopic (exact) mass is 444 g/mol. The molecule has 0 aromatic carbocycles. The normalized spacial score (nSPS) is 14.8. The highest BCUT2D eigenvalue weighted by Gasteiger charge is 2.29. The van der Waals surface area contributed by atoms with Gasteiger partial charge in [0.15, 0.2) is 0 Å². The first kappa shape index (κ1) is 28.3. The van der Waals surface area contributed by atoms with Crippen molar-refractivity contribution in [3.63, 3.8) is 0 Å². The molecular formula is C19H36N6O6. The third-order valence-corrected chi connectivity index (χ3v) is 4.60. The zero-order valence-corrected chi connectivity index (χ0v) is 18.3. The van der Waals surface area contributed by atoms with Crippen molar-refractivity contribution in [2.75, 3.05) is 6.54 Å². The lowest BCUT2D eigenvalue weighted by Crippen LogP contribution is -2.57. The average molecular weight is 445 g/mol. The second-order valence-corrected chi connectivity index (χ2v) is 7.76. The molecule has 4 amide bonds. The standard InChI is InChI=1S/C19H36N6O6/c1-10(2)15(19(30)31)25-18(29)13(6-4-5-9-20)24-16(27)11(3)23-17(28)12(21)7-8-14(22)26/h10-13,15H,4-9,20-21H2,1-3H3,(H2,22,26)(H,23,28)(H,24,27)(H,25,29)(H,30,31). The van der Waals surface area contributed by atoms with Gasteiger partial charge in [0.1, 0.15) is 18.1 Å². The highest BCUT2D eigenvalue weighted by Crippen LogP contribution is 2.06. The largest absolute Gasteiger partial charge is 0.480 e. The highest BCUT2D eigenvalue weighted by atomic mass is 16.4. The molecule has 4 atom stereocenters. The molecule has 12 heteroatoms. The van der Waals surface area contributed by atoms with Crippen molar-refractivity contribution in [1.82, 2.24) is 16.0 Å². The van der Waals surface area contributed by atoms with E-state index in [9.17, 15) is 29.1 Å². The minimum absolute atomic E-state index is 0.0331. The fraction of sp³-hybridized carbons (Fsp3) is 0.737. The Morgan fingerprint density at radius 3 is 1.97 bits per heavy atom. The van der Waals surface area contributed by atoms with Crippen LogP contribution in [0.5, 0.6) is 0 Å². The average Bonchev–Trinajstić information content (AvgIpc) is 2.68. The number of carboxylic acids is 1. The highest BCUT2D eigenvalue weighted by molar-refractivity contribution is 5.94. The minimum atomic E-state index is -1.18. The van der Waals surface area contributed by atoms with Gasteiger partial charge in [-0.1, -0.05) is 13.8 Å². The van der Waals surface area contributed by atoms with Crippen LogP contribution in [-0.4, -0.2) is 65.4 Å². The molecule has 178 valence electrons. The van der Waals surface area contributed by atoms with E-state index in [0.717, 1.165) is 0 Å². The van der Waals surface area contributed by atoms with E-state index < -0.39 is 53.8 Å². The van der Waals surface area contributed by atoms with Gasteiger partial charge in [0.05, 0.1) is 6.04 Å². The summed E-state index contributed by atoms with van der Waals surface area (Å²) in [7, 11) is 0. The third-order valence-electron chi connectivity index (χ3n) is 4.60. The maximum atomic E-state index is 12.6. The topological polar surface area (TPSA) is 220 Å². The summed E-state index contributed by atoms with van der Waals surface area (Å²) >= 11 is 0. The van der Waals surface area contributed by atoms with E-state index in [2.05, 4.69) is 16.0 Å². The predicted molar refractivity (Wildman–Crippen MR) is 113 cm³/mol. The van der Waals surface area contributed by atoms with E-state index in [4.69, 9.17) is 17.2 Å². The van der Waals surface area contributed by atoms with Crippen molar-refractivity contribution < 1.29 is 29.1 Å². The molecule has 0 saturated carbocycles. The molecule has 0 rings (SSSR count). The Hall–Kier alpha value is -2.73. The predicted octanol–water partition coefficient (Wildman–Crippen LogP) is -2.08. The number of amides is 4. The quantitative estimate of drug-likeness (QED) is 0.139. The number of hydrogen-bond acceptors (Lipinski definition) is 7. The van der Waals surface area contributed by atoms with E-state index in [1.54, 1.807) is 13.8 Å². The van der Waals surface area contributed by atoms with Crippen molar-refractivity contribution in [3.05, 3.63) is 0 Å². The van der Waals surface area contributed by atoms with Crippen LogP contribution in [0.25, 0.3) is 0 Å². The Kier molecular flexibility index (Phi) is 13.0. The fourth-order valence-electron chi connectivity index (χ4n) is 2.64. The summed E-state index contributed by atoms with van der Waals surface area (Å²) in [6, 6.07) is -4.14. The zero-order chi connectivity index (χ0) is 24.1. The molecule has 0 fully saturated rings. The van der Waals surface area contributed by atoms with Crippen molar-refractivity contribution in [2.45, 2.75) is 77.0 Å². The molecular weight excluding hydrogens is 408 g/mol. The van der Waals surface area contributed by atoms with Crippen molar-refractivity contribution in [3.8, 4) is 0 Å². The summed E-state index contributed by atoms with van der Waals surface area (Å²) in [4.78, 5) is 59.4. The molecule has 12 nitrogen and oxygen atoms in total. The first-order valence-electron chi connectivity index (χ1n) is 10.3. The van der Waals surface area contributed by atoms with Crippen LogP contribution in [0, 0.1) is 5.92 Å². The lowest BCUT2D eigenvalue weighted by Gasteiger charge is -2.25. The van der Waals surface area contributed by atoms with Crippen LogP contribution in [-0.2, 0) is 24.0 Å². The van der Waals surface area contributed by atoms with Gasteiger partial charge in [-0.05, 0) is 45.1 Å². The molecule has 4 unspecified atom stereocenters. The first-order valence-corrected chi connectivity index (χ1v) is 10.3. The van der Waals surface area contributed by atoms with Crippen LogP contribution in [0.3, 0.4) is 0 Å². The Bertz CT molecular complexity index is 641. The Morgan fingerprint density at radius 2 is 1.48 bits per heavy atom. The first-order chi connectivity index (χ1) is 14.4. The molecule has 0 aromatic heterocycles. The minimum Gasteiger partial charge on any atom is -0.480 e. The molecule has 0 saturated heterocycles. The second-order valence-electron chi connectivity index (χ2n) is 7.76. The molecule has 0 heterocycles. The number of carboxylic acid groups (broad SMARTS) is 1. The number of carbonyl (C=O) groups excluding carboxylic acids is 4. The van der Waals surface area contributed by atoms with Crippen LogP contribution < -0.4 is 33.2 Å². The van der Waals surface area contributed by atoms with Crippen LogP contribution in [0.1, 0.15) is 52.9 Å². The smallest absolute Gasteiger partial charge is 0.326 e.